The van der Waals surface area contributed by atoms with Crippen molar-refractivity contribution in [3.8, 4) is 0 Å². The molecule has 0 radical (unpaired) electrons. The number of carbonyl (C=O) groups excluding carboxylic acids is 2. The van der Waals surface area contributed by atoms with Gasteiger partial charge in [0, 0.05) is 51.6 Å². The Morgan fingerprint density at radius 2 is 1.86 bits per heavy atom. The Labute approximate surface area is 170 Å². The minimum absolute atomic E-state index is 0.0164. The van der Waals surface area contributed by atoms with Gasteiger partial charge < -0.3 is 19.3 Å². The van der Waals surface area contributed by atoms with Crippen LogP contribution in [0.1, 0.15) is 35.9 Å². The number of carbonyl (C=O) groups is 2. The van der Waals surface area contributed by atoms with Gasteiger partial charge in [0.05, 0.1) is 12.1 Å². The van der Waals surface area contributed by atoms with Gasteiger partial charge in [0.2, 0.25) is 5.91 Å². The summed E-state index contributed by atoms with van der Waals surface area (Å²) in [6.45, 7) is 6.50. The highest BCUT2D eigenvalue weighted by Crippen LogP contribution is 2.30. The summed E-state index contributed by atoms with van der Waals surface area (Å²) < 4.78 is 5.76. The molecule has 2 aromatic rings. The van der Waals surface area contributed by atoms with Crippen molar-refractivity contribution in [3.63, 3.8) is 0 Å². The number of hydrogen-bond donors (Lipinski definition) is 1. The summed E-state index contributed by atoms with van der Waals surface area (Å²) in [6.07, 6.45) is 0.975. The molecular weight excluding hydrogens is 370 g/mol. The predicted molar refractivity (Wildman–Crippen MR) is 110 cm³/mol. The molecule has 2 amide bonds. The number of nitrogens with zero attached hydrogens (tertiary/aromatic N) is 3. The van der Waals surface area contributed by atoms with Gasteiger partial charge in [0.15, 0.2) is 5.76 Å². The zero-order chi connectivity index (χ0) is 20.7. The van der Waals surface area contributed by atoms with Gasteiger partial charge in [-0.1, -0.05) is 11.6 Å². The van der Waals surface area contributed by atoms with Gasteiger partial charge in [-0.15, -0.1) is 0 Å². The van der Waals surface area contributed by atoms with E-state index in [4.69, 9.17) is 4.42 Å². The predicted octanol–water partition coefficient (Wildman–Crippen LogP) is 1.87. The molecule has 1 aliphatic carbocycles. The monoisotopic (exact) mass is 399 g/mol. The van der Waals surface area contributed by atoms with Crippen LogP contribution in [0.2, 0.25) is 0 Å². The molecule has 1 N–H and O–H groups in total. The third-order valence-electron chi connectivity index (χ3n) is 6.48. The molecule has 0 bridgehead atoms. The van der Waals surface area contributed by atoms with Gasteiger partial charge in [-0.05, 0) is 38.0 Å². The van der Waals surface area contributed by atoms with Gasteiger partial charge in [0.1, 0.15) is 5.58 Å². The Bertz CT molecular complexity index is 916. The van der Waals surface area contributed by atoms with Crippen LogP contribution in [0.15, 0.2) is 28.7 Å². The maximum Gasteiger partial charge on any atom is 0.289 e. The largest absolute Gasteiger partial charge is 0.451 e. The average molecular weight is 399 g/mol. The molecule has 1 aromatic carbocycles. The molecule has 29 heavy (non-hydrogen) atoms. The molecule has 7 heteroatoms. The van der Waals surface area contributed by atoms with Crippen LogP contribution in [-0.2, 0) is 4.79 Å². The number of aliphatic hydroxyl groups is 1. The third kappa shape index (κ3) is 3.76. The lowest BCUT2D eigenvalue weighted by Gasteiger charge is -2.39. The quantitative estimate of drug-likeness (QED) is 0.853. The molecule has 0 unspecified atom stereocenters. The normalized spacial score (nSPS) is 25.5. The summed E-state index contributed by atoms with van der Waals surface area (Å²) in [7, 11) is 1.74. The molecule has 1 aromatic heterocycles. The molecule has 0 spiro atoms. The molecule has 156 valence electrons. The van der Waals surface area contributed by atoms with E-state index in [1.54, 1.807) is 24.9 Å². The minimum Gasteiger partial charge on any atom is -0.451 e. The highest BCUT2D eigenvalue weighted by molar-refractivity contribution is 5.96. The number of rotatable bonds is 3. The van der Waals surface area contributed by atoms with Crippen molar-refractivity contribution in [2.24, 2.45) is 0 Å². The second-order valence-electron chi connectivity index (χ2n) is 8.31. The number of amides is 2. The molecule has 4 rings (SSSR count). The van der Waals surface area contributed by atoms with E-state index in [9.17, 15) is 14.7 Å². The molecular formula is C22H29N3O4. The van der Waals surface area contributed by atoms with E-state index in [1.165, 1.54) is 0 Å². The summed E-state index contributed by atoms with van der Waals surface area (Å²) in [5.74, 6) is 0.199. The van der Waals surface area contributed by atoms with Crippen LogP contribution in [0.5, 0.6) is 0 Å². The van der Waals surface area contributed by atoms with Gasteiger partial charge >= 0.3 is 0 Å². The van der Waals surface area contributed by atoms with Gasteiger partial charge in [-0.3, -0.25) is 14.5 Å². The van der Waals surface area contributed by atoms with Crippen LogP contribution >= 0.6 is 0 Å². The first-order chi connectivity index (χ1) is 13.8. The Balaban J connectivity index is 1.43. The third-order valence-corrected chi connectivity index (χ3v) is 6.48. The molecule has 2 heterocycles. The Hall–Kier alpha value is -2.38. The van der Waals surface area contributed by atoms with Crippen molar-refractivity contribution in [3.05, 3.63) is 35.6 Å². The number of benzene rings is 1. The van der Waals surface area contributed by atoms with Crippen LogP contribution in [0, 0.1) is 6.92 Å². The highest BCUT2D eigenvalue weighted by Gasteiger charge is 2.42. The zero-order valence-corrected chi connectivity index (χ0v) is 17.3. The Morgan fingerprint density at radius 1 is 1.14 bits per heavy atom. The van der Waals surface area contributed by atoms with E-state index in [0.717, 1.165) is 36.9 Å². The van der Waals surface area contributed by atoms with E-state index in [2.05, 4.69) is 4.90 Å². The van der Waals surface area contributed by atoms with Crippen LogP contribution in [0.3, 0.4) is 0 Å². The maximum absolute atomic E-state index is 13.0. The molecule has 1 saturated heterocycles. The SMILES string of the molecule is CC(=O)N1CCN([C@@H]2CC[C@@H](N(C)C(=O)c3cc4cc(C)ccc4o3)[C@H]2O)CC1. The molecule has 1 aliphatic heterocycles. The lowest BCUT2D eigenvalue weighted by molar-refractivity contribution is -0.131. The number of aryl methyl sites for hydroxylation is 1. The first-order valence-corrected chi connectivity index (χ1v) is 10.3. The highest BCUT2D eigenvalue weighted by atomic mass is 16.3. The number of aliphatic hydroxyl groups excluding tert-OH is 1. The molecule has 2 fully saturated rings. The summed E-state index contributed by atoms with van der Waals surface area (Å²) in [5.41, 5.74) is 1.81. The van der Waals surface area contributed by atoms with E-state index < -0.39 is 6.10 Å². The lowest BCUT2D eigenvalue weighted by Crippen LogP contribution is -2.55. The van der Waals surface area contributed by atoms with E-state index in [-0.39, 0.29) is 23.9 Å². The number of fused-ring (bicyclic) bond motifs is 1. The van der Waals surface area contributed by atoms with Crippen molar-refractivity contribution < 1.29 is 19.1 Å². The van der Waals surface area contributed by atoms with Crippen LogP contribution in [0.4, 0.5) is 0 Å². The van der Waals surface area contributed by atoms with Crippen molar-refractivity contribution in [1.29, 1.82) is 0 Å². The number of piperazine rings is 1. The summed E-state index contributed by atoms with van der Waals surface area (Å²) in [6, 6.07) is 7.39. The summed E-state index contributed by atoms with van der Waals surface area (Å²) >= 11 is 0. The fourth-order valence-electron chi connectivity index (χ4n) is 4.72. The fraction of sp³-hybridized carbons (Fsp3) is 0.545. The number of furan rings is 1. The van der Waals surface area contributed by atoms with Crippen LogP contribution in [0.25, 0.3) is 11.0 Å². The number of hydrogen-bond acceptors (Lipinski definition) is 5. The fourth-order valence-corrected chi connectivity index (χ4v) is 4.72. The zero-order valence-electron chi connectivity index (χ0n) is 17.3. The van der Waals surface area contributed by atoms with Crippen LogP contribution in [-0.4, -0.2) is 83.0 Å². The first kappa shape index (κ1) is 19.9. The Morgan fingerprint density at radius 3 is 2.55 bits per heavy atom. The van der Waals surface area contributed by atoms with Crippen molar-refractivity contribution in [2.45, 2.75) is 44.9 Å². The van der Waals surface area contributed by atoms with Crippen molar-refractivity contribution in [1.82, 2.24) is 14.7 Å². The second kappa shape index (κ2) is 7.80. The average Bonchev–Trinajstić information content (AvgIpc) is 3.30. The maximum atomic E-state index is 13.0. The van der Waals surface area contributed by atoms with E-state index in [0.29, 0.717) is 24.4 Å². The molecule has 2 aliphatic rings. The van der Waals surface area contributed by atoms with E-state index >= 15 is 0 Å². The molecule has 3 atom stereocenters. The lowest BCUT2D eigenvalue weighted by atomic mass is 10.1. The van der Waals surface area contributed by atoms with Gasteiger partial charge in [-0.2, -0.15) is 0 Å². The first-order valence-electron chi connectivity index (χ1n) is 10.3. The molecule has 7 nitrogen and oxygen atoms in total. The van der Waals surface area contributed by atoms with Gasteiger partial charge in [0.25, 0.3) is 5.91 Å². The summed E-state index contributed by atoms with van der Waals surface area (Å²) in [5, 5.41) is 11.9. The minimum atomic E-state index is -0.612. The summed E-state index contributed by atoms with van der Waals surface area (Å²) in [4.78, 5) is 30.3. The van der Waals surface area contributed by atoms with E-state index in [1.807, 2.05) is 30.0 Å². The van der Waals surface area contributed by atoms with Gasteiger partial charge in [-0.25, -0.2) is 0 Å². The van der Waals surface area contributed by atoms with Crippen molar-refractivity contribution in [2.75, 3.05) is 33.2 Å². The van der Waals surface area contributed by atoms with Crippen LogP contribution < -0.4 is 0 Å². The second-order valence-corrected chi connectivity index (χ2v) is 8.31. The smallest absolute Gasteiger partial charge is 0.289 e. The molecule has 1 saturated carbocycles. The van der Waals surface area contributed by atoms with Crippen molar-refractivity contribution >= 4 is 22.8 Å². The number of likely N-dealkylation sites (N-methyl/N-ethyl adjacent to an activating group) is 1. The Kier molecular flexibility index (Phi) is 5.36. The standard InChI is InChI=1S/C22H29N3O4/c1-14-4-7-19-16(12-14)13-20(29-19)22(28)23(3)17-5-6-18(21(17)27)25-10-8-24(9-11-25)15(2)26/h4,7,12-13,17-18,21,27H,5-6,8-11H2,1-3H3/t17-,18-,21-/m1/s1. The topological polar surface area (TPSA) is 77.2 Å².